The van der Waals surface area contributed by atoms with Crippen LogP contribution < -0.4 is 0 Å². The Hall–Kier alpha value is -2.63. The molecule has 1 aromatic carbocycles. The zero-order chi connectivity index (χ0) is 24.0. The number of nitrogens with zero attached hydrogens (tertiary/aromatic N) is 1. The number of ether oxygens (including phenoxy) is 1. The Morgan fingerprint density at radius 1 is 1.21 bits per heavy atom. The van der Waals surface area contributed by atoms with Crippen LogP contribution in [0.3, 0.4) is 0 Å². The van der Waals surface area contributed by atoms with Gasteiger partial charge in [-0.1, -0.05) is 51.5 Å². The molecule has 6 atom stereocenters. The summed E-state index contributed by atoms with van der Waals surface area (Å²) in [7, 11) is 0. The second kappa shape index (κ2) is 8.62. The first-order valence-electron chi connectivity index (χ1n) is 11.6. The van der Waals surface area contributed by atoms with Gasteiger partial charge < -0.3 is 4.74 Å². The normalized spacial score (nSPS) is 31.9. The summed E-state index contributed by atoms with van der Waals surface area (Å²) in [6.45, 7) is 7.48. The fourth-order valence-electron chi connectivity index (χ4n) is 6.07. The number of carbonyl (C=O) groups is 1. The summed E-state index contributed by atoms with van der Waals surface area (Å²) in [4.78, 5) is 17.1. The summed E-state index contributed by atoms with van der Waals surface area (Å²) in [5.41, 5.74) is 1.41. The number of pyridine rings is 1. The molecule has 33 heavy (non-hydrogen) atoms. The highest BCUT2D eigenvalue weighted by molar-refractivity contribution is 5.77. The molecule has 2 aromatic rings. The molecule has 1 aliphatic heterocycles. The van der Waals surface area contributed by atoms with Crippen molar-refractivity contribution >= 4 is 12.0 Å². The van der Waals surface area contributed by atoms with Crippen molar-refractivity contribution in [2.75, 3.05) is 0 Å². The highest BCUT2D eigenvalue weighted by Gasteiger charge is 2.69. The molecule has 1 saturated heterocycles. The summed E-state index contributed by atoms with van der Waals surface area (Å²) in [5.74, 6) is -6.09. The fourth-order valence-corrected chi connectivity index (χ4v) is 6.07. The number of esters is 1. The maximum Gasteiger partial charge on any atom is 0.310 e. The van der Waals surface area contributed by atoms with Gasteiger partial charge in [0, 0.05) is 29.5 Å². The van der Waals surface area contributed by atoms with Crippen molar-refractivity contribution in [1.29, 1.82) is 0 Å². The molecular formula is C27H30F3NO2. The third-order valence-corrected chi connectivity index (χ3v) is 8.03. The van der Waals surface area contributed by atoms with Gasteiger partial charge in [0.05, 0.1) is 11.6 Å². The van der Waals surface area contributed by atoms with Crippen LogP contribution in [0.15, 0.2) is 48.7 Å². The number of allylic oxidation sites excluding steroid dienone is 1. The van der Waals surface area contributed by atoms with E-state index in [1.54, 1.807) is 43.5 Å². The van der Waals surface area contributed by atoms with Crippen molar-refractivity contribution in [3.05, 3.63) is 60.2 Å². The predicted octanol–water partition coefficient (Wildman–Crippen LogP) is 6.79. The van der Waals surface area contributed by atoms with E-state index in [4.69, 9.17) is 4.74 Å². The number of halogens is 3. The predicted molar refractivity (Wildman–Crippen MR) is 122 cm³/mol. The van der Waals surface area contributed by atoms with Crippen LogP contribution in [-0.4, -0.2) is 23.0 Å². The summed E-state index contributed by atoms with van der Waals surface area (Å²) in [6, 6.07) is 9.88. The molecular weight excluding hydrogens is 427 g/mol. The summed E-state index contributed by atoms with van der Waals surface area (Å²) >= 11 is 0. The van der Waals surface area contributed by atoms with Gasteiger partial charge in [-0.3, -0.25) is 9.78 Å². The SMILES string of the molecule is CCC(C)C12C(C)OC(=O)C1CC(F)(F)C(C)C2C=Cc1ccc(-c2cccc(F)c2)cn1. The number of aromatic nitrogens is 1. The van der Waals surface area contributed by atoms with Crippen LogP contribution in [0.2, 0.25) is 0 Å². The van der Waals surface area contributed by atoms with Gasteiger partial charge in [-0.25, -0.2) is 13.2 Å². The first-order valence-corrected chi connectivity index (χ1v) is 11.6. The zero-order valence-electron chi connectivity index (χ0n) is 19.4. The lowest BCUT2D eigenvalue weighted by atomic mass is 9.49. The molecule has 176 valence electrons. The van der Waals surface area contributed by atoms with Crippen molar-refractivity contribution < 1.29 is 22.7 Å². The summed E-state index contributed by atoms with van der Waals surface area (Å²) in [5, 5.41) is 0. The van der Waals surface area contributed by atoms with Gasteiger partial charge in [-0.15, -0.1) is 0 Å². The van der Waals surface area contributed by atoms with Gasteiger partial charge in [-0.05, 0) is 48.6 Å². The van der Waals surface area contributed by atoms with E-state index in [0.29, 0.717) is 11.3 Å². The smallest absolute Gasteiger partial charge is 0.310 e. The largest absolute Gasteiger partial charge is 0.462 e. The van der Waals surface area contributed by atoms with E-state index in [2.05, 4.69) is 4.98 Å². The van der Waals surface area contributed by atoms with Crippen LogP contribution in [0.5, 0.6) is 0 Å². The van der Waals surface area contributed by atoms with E-state index in [9.17, 15) is 9.18 Å². The minimum absolute atomic E-state index is 0.0282. The van der Waals surface area contributed by atoms with Crippen LogP contribution >= 0.6 is 0 Å². The number of benzene rings is 1. The molecule has 0 amide bonds. The highest BCUT2D eigenvalue weighted by Crippen LogP contribution is 2.63. The molecule has 4 rings (SSSR count). The van der Waals surface area contributed by atoms with Gasteiger partial charge in [0.2, 0.25) is 0 Å². The lowest BCUT2D eigenvalue weighted by Gasteiger charge is -2.53. The fraction of sp³-hybridized carbons (Fsp3) is 0.481. The maximum absolute atomic E-state index is 15.0. The molecule has 1 aromatic heterocycles. The second-order valence-electron chi connectivity index (χ2n) is 9.56. The molecule has 0 N–H and O–H groups in total. The van der Waals surface area contributed by atoms with Gasteiger partial charge in [0.15, 0.2) is 0 Å². The van der Waals surface area contributed by atoms with Gasteiger partial charge >= 0.3 is 5.97 Å². The second-order valence-corrected chi connectivity index (χ2v) is 9.56. The number of hydrogen-bond donors (Lipinski definition) is 0. The van der Waals surface area contributed by atoms with E-state index < -0.39 is 47.6 Å². The maximum atomic E-state index is 15.0. The summed E-state index contributed by atoms with van der Waals surface area (Å²) < 4.78 is 49.2. The minimum atomic E-state index is -2.96. The van der Waals surface area contributed by atoms with Crippen LogP contribution in [0, 0.1) is 34.9 Å². The quantitative estimate of drug-likeness (QED) is 0.464. The van der Waals surface area contributed by atoms with E-state index >= 15 is 8.78 Å². The third kappa shape index (κ3) is 3.87. The molecule has 0 spiro atoms. The molecule has 6 heteroatoms. The van der Waals surface area contributed by atoms with E-state index in [1.807, 2.05) is 26.8 Å². The Morgan fingerprint density at radius 3 is 2.61 bits per heavy atom. The Labute approximate surface area is 193 Å². The van der Waals surface area contributed by atoms with Crippen molar-refractivity contribution in [1.82, 2.24) is 4.98 Å². The van der Waals surface area contributed by atoms with Crippen LogP contribution in [-0.2, 0) is 9.53 Å². The third-order valence-electron chi connectivity index (χ3n) is 8.03. The van der Waals surface area contributed by atoms with Crippen LogP contribution in [0.4, 0.5) is 13.2 Å². The van der Waals surface area contributed by atoms with Crippen LogP contribution in [0.1, 0.15) is 46.2 Å². The van der Waals surface area contributed by atoms with E-state index in [-0.39, 0.29) is 11.7 Å². The number of fused-ring (bicyclic) bond motifs is 1. The molecule has 1 saturated carbocycles. The Balaban J connectivity index is 1.70. The van der Waals surface area contributed by atoms with E-state index in [1.165, 1.54) is 12.1 Å². The Kier molecular flexibility index (Phi) is 6.14. The molecule has 2 aliphatic rings. The number of rotatable bonds is 5. The van der Waals surface area contributed by atoms with E-state index in [0.717, 1.165) is 12.0 Å². The zero-order valence-corrected chi connectivity index (χ0v) is 19.4. The van der Waals surface area contributed by atoms with Gasteiger partial charge in [0.25, 0.3) is 5.92 Å². The van der Waals surface area contributed by atoms with Crippen molar-refractivity contribution in [3.8, 4) is 11.1 Å². The summed E-state index contributed by atoms with van der Waals surface area (Å²) in [6.07, 6.45) is 5.06. The standard InChI is InChI=1S/C27H30F3NO2/c1-5-16(2)27-18(4)33-25(32)24(27)14-26(29,30)17(3)23(27)12-11-22-10-9-20(15-31-22)19-7-6-8-21(28)13-19/h6-13,15-18,23-24H,5,14H2,1-4H3. The molecule has 1 aliphatic carbocycles. The number of hydrogen-bond acceptors (Lipinski definition) is 3. The average Bonchev–Trinajstić information content (AvgIpc) is 3.03. The lowest BCUT2D eigenvalue weighted by molar-refractivity contribution is -0.175. The number of carbonyl (C=O) groups excluding carboxylic acids is 1. The molecule has 6 unspecified atom stereocenters. The minimum Gasteiger partial charge on any atom is -0.462 e. The van der Waals surface area contributed by atoms with Crippen molar-refractivity contribution in [2.24, 2.45) is 29.1 Å². The molecule has 2 heterocycles. The molecule has 0 radical (unpaired) electrons. The molecule has 2 fully saturated rings. The topological polar surface area (TPSA) is 39.2 Å². The average molecular weight is 458 g/mol. The Bertz CT molecular complexity index is 1050. The van der Waals surface area contributed by atoms with Crippen LogP contribution in [0.25, 0.3) is 17.2 Å². The van der Waals surface area contributed by atoms with Crippen molar-refractivity contribution in [3.63, 3.8) is 0 Å². The van der Waals surface area contributed by atoms with Gasteiger partial charge in [0.1, 0.15) is 11.9 Å². The first kappa shape index (κ1) is 23.5. The number of cyclic esters (lactones) is 1. The van der Waals surface area contributed by atoms with Gasteiger partial charge in [-0.2, -0.15) is 0 Å². The highest BCUT2D eigenvalue weighted by atomic mass is 19.3. The van der Waals surface area contributed by atoms with Crippen molar-refractivity contribution in [2.45, 2.75) is 52.6 Å². The Morgan fingerprint density at radius 2 is 1.97 bits per heavy atom. The monoisotopic (exact) mass is 457 g/mol. The molecule has 3 nitrogen and oxygen atoms in total. The molecule has 0 bridgehead atoms. The number of alkyl halides is 2. The first-order chi connectivity index (χ1) is 15.6. The lowest BCUT2D eigenvalue weighted by Crippen LogP contribution is -2.57.